The first-order valence-corrected chi connectivity index (χ1v) is 8.32. The molecule has 7 nitrogen and oxygen atoms in total. The second kappa shape index (κ2) is 8.09. The van der Waals surface area contributed by atoms with Gasteiger partial charge in [-0.1, -0.05) is 30.3 Å². The maximum Gasteiger partial charge on any atom is 0.319 e. The summed E-state index contributed by atoms with van der Waals surface area (Å²) in [6, 6.07) is 15.2. The third kappa shape index (κ3) is 4.66. The predicted molar refractivity (Wildman–Crippen MR) is 104 cm³/mol. The van der Waals surface area contributed by atoms with Crippen LogP contribution in [0.15, 0.2) is 60.8 Å². The lowest BCUT2D eigenvalue weighted by molar-refractivity contribution is -0.115. The summed E-state index contributed by atoms with van der Waals surface area (Å²) in [7, 11) is 0. The van der Waals surface area contributed by atoms with Crippen molar-refractivity contribution in [2.24, 2.45) is 0 Å². The molecule has 0 saturated carbocycles. The third-order valence-corrected chi connectivity index (χ3v) is 3.84. The van der Waals surface area contributed by atoms with Crippen LogP contribution < -0.4 is 16.0 Å². The fraction of sp³-hybridized carbons (Fsp3) is 0.100. The van der Waals surface area contributed by atoms with Gasteiger partial charge in [0.15, 0.2) is 5.78 Å². The number of Topliss-reactive ketones (excluding diaryl/α,β-unsaturated/α-hetero) is 1. The van der Waals surface area contributed by atoms with Gasteiger partial charge in [-0.15, -0.1) is 0 Å². The van der Waals surface area contributed by atoms with E-state index in [4.69, 9.17) is 0 Å². The molecular weight excluding hydrogens is 344 g/mol. The number of anilines is 2. The highest BCUT2D eigenvalue weighted by molar-refractivity contribution is 6.02. The van der Waals surface area contributed by atoms with Crippen LogP contribution in [0, 0.1) is 0 Å². The molecule has 0 atom stereocenters. The van der Waals surface area contributed by atoms with Gasteiger partial charge in [0, 0.05) is 22.8 Å². The fourth-order valence-corrected chi connectivity index (χ4v) is 2.55. The molecule has 3 aromatic rings. The van der Waals surface area contributed by atoms with Crippen molar-refractivity contribution in [3.8, 4) is 0 Å². The molecule has 1 aromatic heterocycles. The van der Waals surface area contributed by atoms with Crippen molar-refractivity contribution in [3.63, 3.8) is 0 Å². The highest BCUT2D eigenvalue weighted by Gasteiger charge is 2.09. The van der Waals surface area contributed by atoms with Gasteiger partial charge in [-0.2, -0.15) is 0 Å². The molecular formula is C20H18N4O3. The predicted octanol–water partition coefficient (Wildman–Crippen LogP) is 3.20. The van der Waals surface area contributed by atoms with E-state index < -0.39 is 6.03 Å². The zero-order valence-corrected chi connectivity index (χ0v) is 14.7. The molecule has 3 N–H and O–H groups in total. The number of para-hydroxylation sites is 1. The van der Waals surface area contributed by atoms with Crippen LogP contribution in [0.3, 0.4) is 0 Å². The largest absolute Gasteiger partial charge is 0.329 e. The van der Waals surface area contributed by atoms with Crippen molar-refractivity contribution < 1.29 is 14.4 Å². The van der Waals surface area contributed by atoms with E-state index in [0.29, 0.717) is 22.5 Å². The van der Waals surface area contributed by atoms with E-state index >= 15 is 0 Å². The van der Waals surface area contributed by atoms with Gasteiger partial charge in [0.25, 0.3) is 0 Å². The number of amides is 3. The smallest absolute Gasteiger partial charge is 0.319 e. The summed E-state index contributed by atoms with van der Waals surface area (Å²) in [5, 5.41) is 8.72. The van der Waals surface area contributed by atoms with E-state index in [1.807, 2.05) is 24.3 Å². The number of carbonyl (C=O) groups excluding carboxylic acids is 3. The first-order valence-electron chi connectivity index (χ1n) is 8.32. The molecule has 7 heteroatoms. The Balaban J connectivity index is 1.56. The second-order valence-electron chi connectivity index (χ2n) is 5.87. The van der Waals surface area contributed by atoms with E-state index in [0.717, 1.165) is 5.39 Å². The molecule has 0 fully saturated rings. The maximum atomic E-state index is 12.1. The fourth-order valence-electron chi connectivity index (χ4n) is 2.55. The Morgan fingerprint density at radius 1 is 0.963 bits per heavy atom. The lowest BCUT2D eigenvalue weighted by Crippen LogP contribution is -2.35. The zero-order chi connectivity index (χ0) is 19.2. The number of hydrogen-bond donors (Lipinski definition) is 3. The average Bonchev–Trinajstić information content (AvgIpc) is 2.67. The van der Waals surface area contributed by atoms with Gasteiger partial charge >= 0.3 is 6.03 Å². The third-order valence-electron chi connectivity index (χ3n) is 3.84. The molecule has 0 aliphatic rings. The van der Waals surface area contributed by atoms with E-state index in [1.165, 1.54) is 6.92 Å². The van der Waals surface area contributed by atoms with Crippen LogP contribution in [0.2, 0.25) is 0 Å². The molecule has 0 spiro atoms. The second-order valence-corrected chi connectivity index (χ2v) is 5.87. The summed E-state index contributed by atoms with van der Waals surface area (Å²) in [5.74, 6) is -0.470. The standard InChI is InChI=1S/C20H18N4O3/c1-13(25)15-6-2-8-16(11-15)23-20(27)22-12-18(26)24-17-9-3-5-14-7-4-10-21-19(14)17/h2-11H,12H2,1H3,(H,24,26)(H2,22,23,27). The topological polar surface area (TPSA) is 100 Å². The minimum atomic E-state index is -0.540. The summed E-state index contributed by atoms with van der Waals surface area (Å²) < 4.78 is 0. The van der Waals surface area contributed by atoms with Crippen molar-refractivity contribution in [1.29, 1.82) is 0 Å². The molecule has 0 radical (unpaired) electrons. The van der Waals surface area contributed by atoms with Crippen LogP contribution in [0.5, 0.6) is 0 Å². The summed E-state index contributed by atoms with van der Waals surface area (Å²) in [4.78, 5) is 39.7. The Bertz CT molecular complexity index is 1010. The van der Waals surface area contributed by atoms with Gasteiger partial charge in [0.1, 0.15) is 0 Å². The van der Waals surface area contributed by atoms with Crippen molar-refractivity contribution >= 4 is 40.0 Å². The number of aromatic nitrogens is 1. The van der Waals surface area contributed by atoms with Gasteiger partial charge in [-0.25, -0.2) is 4.79 Å². The van der Waals surface area contributed by atoms with E-state index in [2.05, 4.69) is 20.9 Å². The van der Waals surface area contributed by atoms with Crippen LogP contribution in [-0.2, 0) is 4.79 Å². The number of hydrogen-bond acceptors (Lipinski definition) is 4. The molecule has 0 bridgehead atoms. The molecule has 3 rings (SSSR count). The number of pyridine rings is 1. The first-order chi connectivity index (χ1) is 13.0. The quantitative estimate of drug-likeness (QED) is 0.607. The minimum absolute atomic E-state index is 0.0952. The molecule has 0 unspecified atom stereocenters. The molecule has 0 saturated heterocycles. The van der Waals surface area contributed by atoms with E-state index in [9.17, 15) is 14.4 Å². The molecule has 3 amide bonds. The van der Waals surface area contributed by atoms with Crippen molar-refractivity contribution in [1.82, 2.24) is 10.3 Å². The molecule has 0 aliphatic carbocycles. The van der Waals surface area contributed by atoms with Crippen LogP contribution in [0.25, 0.3) is 10.9 Å². The Kier molecular flexibility index (Phi) is 5.41. The van der Waals surface area contributed by atoms with Gasteiger partial charge in [-0.3, -0.25) is 14.6 Å². The van der Waals surface area contributed by atoms with Crippen molar-refractivity contribution in [2.45, 2.75) is 6.92 Å². The van der Waals surface area contributed by atoms with Crippen LogP contribution in [0.1, 0.15) is 17.3 Å². The Morgan fingerprint density at radius 2 is 1.74 bits per heavy atom. The SMILES string of the molecule is CC(=O)c1cccc(NC(=O)NCC(=O)Nc2cccc3cccnc23)c1. The Labute approximate surface area is 155 Å². The van der Waals surface area contributed by atoms with E-state index in [-0.39, 0.29) is 18.2 Å². The molecule has 136 valence electrons. The lowest BCUT2D eigenvalue weighted by Gasteiger charge is -2.10. The van der Waals surface area contributed by atoms with Gasteiger partial charge in [-0.05, 0) is 31.2 Å². The minimum Gasteiger partial charge on any atom is -0.329 e. The molecule has 1 heterocycles. The molecule has 2 aromatic carbocycles. The number of nitrogens with one attached hydrogen (secondary N) is 3. The highest BCUT2D eigenvalue weighted by Crippen LogP contribution is 2.20. The number of fused-ring (bicyclic) bond motifs is 1. The molecule has 27 heavy (non-hydrogen) atoms. The number of nitrogens with zero attached hydrogens (tertiary/aromatic N) is 1. The van der Waals surface area contributed by atoms with Crippen molar-refractivity contribution in [3.05, 3.63) is 66.4 Å². The lowest BCUT2D eigenvalue weighted by atomic mass is 10.1. The highest BCUT2D eigenvalue weighted by atomic mass is 16.2. The van der Waals surface area contributed by atoms with E-state index in [1.54, 1.807) is 36.5 Å². The monoisotopic (exact) mass is 362 g/mol. The van der Waals surface area contributed by atoms with Crippen LogP contribution in [-0.4, -0.2) is 29.3 Å². The normalized spacial score (nSPS) is 10.3. The Morgan fingerprint density at radius 3 is 2.56 bits per heavy atom. The van der Waals surface area contributed by atoms with Gasteiger partial charge < -0.3 is 16.0 Å². The summed E-state index contributed by atoms with van der Waals surface area (Å²) in [6.07, 6.45) is 1.65. The number of rotatable bonds is 5. The maximum absolute atomic E-state index is 12.1. The zero-order valence-electron chi connectivity index (χ0n) is 14.7. The van der Waals surface area contributed by atoms with Crippen molar-refractivity contribution in [2.75, 3.05) is 17.2 Å². The number of urea groups is 1. The number of ketones is 1. The summed E-state index contributed by atoms with van der Waals surface area (Å²) in [5.41, 5.74) is 2.22. The van der Waals surface area contributed by atoms with Gasteiger partial charge in [0.2, 0.25) is 5.91 Å². The van der Waals surface area contributed by atoms with Crippen LogP contribution >= 0.6 is 0 Å². The number of benzene rings is 2. The summed E-state index contributed by atoms with van der Waals surface area (Å²) in [6.45, 7) is 1.24. The van der Waals surface area contributed by atoms with Gasteiger partial charge in [0.05, 0.1) is 17.7 Å². The average molecular weight is 362 g/mol. The van der Waals surface area contributed by atoms with Crippen LogP contribution in [0.4, 0.5) is 16.2 Å². The Hall–Kier alpha value is -3.74. The molecule has 0 aliphatic heterocycles. The first kappa shape index (κ1) is 18.1. The number of carbonyl (C=O) groups is 3. The summed E-state index contributed by atoms with van der Waals surface area (Å²) >= 11 is 0.